The molecule has 1 aliphatic heterocycles. The van der Waals surface area contributed by atoms with Gasteiger partial charge in [-0.2, -0.15) is 0 Å². The molecule has 1 N–H and O–H groups in total. The average Bonchev–Trinajstić information content (AvgIpc) is 3.10. The van der Waals surface area contributed by atoms with Crippen molar-refractivity contribution in [3.05, 3.63) is 42.1 Å². The summed E-state index contributed by atoms with van der Waals surface area (Å²) in [6, 6.07) is 11.1. The molecule has 1 saturated heterocycles. The van der Waals surface area contributed by atoms with Crippen LogP contribution in [0.3, 0.4) is 0 Å². The molecule has 0 atom stereocenters. The highest BCUT2D eigenvalue weighted by Crippen LogP contribution is 2.20. The number of aromatic nitrogens is 1. The third-order valence-electron chi connectivity index (χ3n) is 4.39. The number of carbonyl (C=O) groups is 1. The van der Waals surface area contributed by atoms with Crippen LogP contribution in [0.5, 0.6) is 0 Å². The van der Waals surface area contributed by atoms with E-state index in [-0.39, 0.29) is 17.5 Å². The normalized spacial score (nSPS) is 16.7. The SMILES string of the molecule is CS(=O)(=O)N1CCC(CNC(=O)c2cc(-c3ccccc3)on2)CC1. The summed E-state index contributed by atoms with van der Waals surface area (Å²) >= 11 is 0. The second kappa shape index (κ2) is 7.37. The summed E-state index contributed by atoms with van der Waals surface area (Å²) in [7, 11) is -3.12. The highest BCUT2D eigenvalue weighted by atomic mass is 32.2. The quantitative estimate of drug-likeness (QED) is 0.873. The number of nitrogens with one attached hydrogen (secondary N) is 1. The van der Waals surface area contributed by atoms with Crippen LogP contribution in [0.15, 0.2) is 40.9 Å². The molecule has 0 radical (unpaired) electrons. The van der Waals surface area contributed by atoms with Crippen LogP contribution in [0.4, 0.5) is 0 Å². The highest BCUT2D eigenvalue weighted by molar-refractivity contribution is 7.88. The van der Waals surface area contributed by atoms with Gasteiger partial charge in [0.05, 0.1) is 6.26 Å². The maximum atomic E-state index is 12.2. The van der Waals surface area contributed by atoms with Gasteiger partial charge in [0.15, 0.2) is 11.5 Å². The number of hydrogen-bond donors (Lipinski definition) is 1. The maximum Gasteiger partial charge on any atom is 0.273 e. The average molecular weight is 363 g/mol. The Kier molecular flexibility index (Phi) is 5.19. The molecular weight excluding hydrogens is 342 g/mol. The van der Waals surface area contributed by atoms with Gasteiger partial charge < -0.3 is 9.84 Å². The van der Waals surface area contributed by atoms with Crippen LogP contribution in [0, 0.1) is 5.92 Å². The first-order valence-electron chi connectivity index (χ1n) is 8.19. The minimum atomic E-state index is -3.12. The van der Waals surface area contributed by atoms with Gasteiger partial charge in [-0.05, 0) is 18.8 Å². The topological polar surface area (TPSA) is 92.5 Å². The summed E-state index contributed by atoms with van der Waals surface area (Å²) < 4.78 is 29.7. The molecule has 2 aromatic rings. The molecule has 1 amide bonds. The molecule has 25 heavy (non-hydrogen) atoms. The Hall–Kier alpha value is -2.19. The molecule has 0 unspecified atom stereocenters. The minimum absolute atomic E-state index is 0.243. The number of carbonyl (C=O) groups excluding carboxylic acids is 1. The van der Waals surface area contributed by atoms with Gasteiger partial charge in [0.2, 0.25) is 10.0 Å². The van der Waals surface area contributed by atoms with E-state index in [9.17, 15) is 13.2 Å². The van der Waals surface area contributed by atoms with Crippen molar-refractivity contribution in [1.82, 2.24) is 14.8 Å². The lowest BCUT2D eigenvalue weighted by Gasteiger charge is -2.30. The first-order valence-corrected chi connectivity index (χ1v) is 10.0. The third-order valence-corrected chi connectivity index (χ3v) is 5.70. The van der Waals surface area contributed by atoms with Gasteiger partial charge in [-0.3, -0.25) is 4.79 Å². The Morgan fingerprint density at radius 1 is 1.28 bits per heavy atom. The van der Waals surface area contributed by atoms with Crippen LogP contribution in [-0.2, 0) is 10.0 Å². The van der Waals surface area contributed by atoms with Gasteiger partial charge in [-0.25, -0.2) is 12.7 Å². The number of sulfonamides is 1. The molecule has 7 nitrogen and oxygen atoms in total. The fraction of sp³-hybridized carbons (Fsp3) is 0.412. The molecule has 0 spiro atoms. The molecule has 0 bridgehead atoms. The van der Waals surface area contributed by atoms with Gasteiger partial charge in [0.25, 0.3) is 5.91 Å². The van der Waals surface area contributed by atoms with Crippen molar-refractivity contribution in [1.29, 1.82) is 0 Å². The molecule has 134 valence electrons. The number of benzene rings is 1. The third kappa shape index (κ3) is 4.46. The Morgan fingerprint density at radius 2 is 1.96 bits per heavy atom. The predicted molar refractivity (Wildman–Crippen MR) is 93.4 cm³/mol. The number of hydrogen-bond acceptors (Lipinski definition) is 5. The van der Waals surface area contributed by atoms with Crippen LogP contribution in [0.25, 0.3) is 11.3 Å². The van der Waals surface area contributed by atoms with Crippen molar-refractivity contribution < 1.29 is 17.7 Å². The first-order chi connectivity index (χ1) is 11.9. The van der Waals surface area contributed by atoms with Crippen molar-refractivity contribution in [3.63, 3.8) is 0 Å². The van der Waals surface area contributed by atoms with E-state index in [4.69, 9.17) is 4.52 Å². The van der Waals surface area contributed by atoms with E-state index in [2.05, 4.69) is 10.5 Å². The Balaban J connectivity index is 1.51. The van der Waals surface area contributed by atoms with E-state index in [0.717, 1.165) is 18.4 Å². The largest absolute Gasteiger partial charge is 0.355 e. The highest BCUT2D eigenvalue weighted by Gasteiger charge is 2.25. The summed E-state index contributed by atoms with van der Waals surface area (Å²) in [6.45, 7) is 1.51. The van der Waals surface area contributed by atoms with Crippen LogP contribution in [0.2, 0.25) is 0 Å². The zero-order valence-corrected chi connectivity index (χ0v) is 14.8. The van der Waals surface area contributed by atoms with Crippen LogP contribution in [0.1, 0.15) is 23.3 Å². The molecule has 2 heterocycles. The van der Waals surface area contributed by atoms with Crippen molar-refractivity contribution in [2.24, 2.45) is 5.92 Å². The summed E-state index contributed by atoms with van der Waals surface area (Å²) in [6.07, 6.45) is 2.70. The van der Waals surface area contributed by atoms with Gasteiger partial charge in [-0.1, -0.05) is 35.5 Å². The lowest BCUT2D eigenvalue weighted by atomic mass is 9.98. The van der Waals surface area contributed by atoms with Crippen LogP contribution >= 0.6 is 0 Å². The summed E-state index contributed by atoms with van der Waals surface area (Å²) in [4.78, 5) is 12.2. The lowest BCUT2D eigenvalue weighted by molar-refractivity contribution is 0.0932. The molecule has 3 rings (SSSR count). The summed E-state index contributed by atoms with van der Waals surface area (Å²) in [5.41, 5.74) is 1.11. The van der Waals surface area contributed by atoms with Crippen LogP contribution < -0.4 is 5.32 Å². The smallest absolute Gasteiger partial charge is 0.273 e. The Bertz CT molecular complexity index is 825. The van der Waals surface area contributed by atoms with Crippen molar-refractivity contribution >= 4 is 15.9 Å². The van der Waals surface area contributed by atoms with Gasteiger partial charge in [-0.15, -0.1) is 0 Å². The van der Waals surface area contributed by atoms with E-state index in [0.29, 0.717) is 25.4 Å². The number of piperidine rings is 1. The minimum Gasteiger partial charge on any atom is -0.355 e. The molecule has 1 aliphatic rings. The summed E-state index contributed by atoms with van der Waals surface area (Å²) in [5, 5.41) is 6.68. The summed E-state index contributed by atoms with van der Waals surface area (Å²) in [5.74, 6) is 0.533. The molecule has 0 aliphatic carbocycles. The lowest BCUT2D eigenvalue weighted by Crippen LogP contribution is -2.41. The van der Waals surface area contributed by atoms with E-state index >= 15 is 0 Å². The van der Waals surface area contributed by atoms with Gasteiger partial charge in [0, 0.05) is 31.3 Å². The molecule has 8 heteroatoms. The molecule has 0 saturated carbocycles. The second-order valence-electron chi connectivity index (χ2n) is 6.26. The monoisotopic (exact) mass is 363 g/mol. The van der Waals surface area contributed by atoms with E-state index < -0.39 is 10.0 Å². The van der Waals surface area contributed by atoms with E-state index in [1.54, 1.807) is 6.07 Å². The van der Waals surface area contributed by atoms with Crippen molar-refractivity contribution in [2.45, 2.75) is 12.8 Å². The van der Waals surface area contributed by atoms with Crippen molar-refractivity contribution in [3.8, 4) is 11.3 Å². The Labute approximate surface area is 147 Å². The number of amides is 1. The fourth-order valence-electron chi connectivity index (χ4n) is 2.89. The van der Waals surface area contributed by atoms with Gasteiger partial charge >= 0.3 is 0 Å². The molecule has 1 fully saturated rings. The zero-order valence-electron chi connectivity index (χ0n) is 14.0. The first kappa shape index (κ1) is 17.6. The zero-order chi connectivity index (χ0) is 17.9. The Morgan fingerprint density at radius 3 is 2.60 bits per heavy atom. The number of rotatable bonds is 5. The molecular formula is C17H21N3O4S. The van der Waals surface area contributed by atoms with E-state index in [1.807, 2.05) is 30.3 Å². The molecule has 1 aromatic carbocycles. The van der Waals surface area contributed by atoms with E-state index in [1.165, 1.54) is 10.6 Å². The standard InChI is InChI=1S/C17H21N3O4S/c1-25(22,23)20-9-7-13(8-10-20)12-18-17(21)15-11-16(24-19-15)14-5-3-2-4-6-14/h2-6,11,13H,7-10,12H2,1H3,(H,18,21). The van der Waals surface area contributed by atoms with Crippen LogP contribution in [-0.4, -0.2) is 49.7 Å². The van der Waals surface area contributed by atoms with Crippen molar-refractivity contribution in [2.75, 3.05) is 25.9 Å². The van der Waals surface area contributed by atoms with Gasteiger partial charge in [0.1, 0.15) is 0 Å². The second-order valence-corrected chi connectivity index (χ2v) is 8.24. The maximum absolute atomic E-state index is 12.2. The number of nitrogens with zero attached hydrogens (tertiary/aromatic N) is 2. The molecule has 1 aromatic heterocycles. The fourth-order valence-corrected chi connectivity index (χ4v) is 3.77. The predicted octanol–water partition coefficient (Wildman–Crippen LogP) is 1.74.